The number of hydrogen-bond donors (Lipinski definition) is 0. The van der Waals surface area contributed by atoms with Crippen molar-refractivity contribution in [3.05, 3.63) is 47.3 Å². The highest BCUT2D eigenvalue weighted by Crippen LogP contribution is 2.19. The van der Waals surface area contributed by atoms with Crippen molar-refractivity contribution >= 4 is 5.78 Å². The van der Waals surface area contributed by atoms with Crippen LogP contribution in [0.4, 0.5) is 0 Å². The fourth-order valence-electron chi connectivity index (χ4n) is 1.90. The molecule has 0 aliphatic carbocycles. The Morgan fingerprint density at radius 1 is 1.05 bits per heavy atom. The van der Waals surface area contributed by atoms with E-state index >= 15 is 0 Å². The fraction of sp³-hybridized carbons (Fsp3) is 0.312. The SMILES string of the molecule is Cc1ccnc(-c2cc(C)cc(C(=O)C(C)C)n2)c1. The van der Waals surface area contributed by atoms with E-state index in [1.54, 1.807) is 6.20 Å². The van der Waals surface area contributed by atoms with Gasteiger partial charge in [0.2, 0.25) is 0 Å². The summed E-state index contributed by atoms with van der Waals surface area (Å²) in [6, 6.07) is 7.71. The molecule has 0 bridgehead atoms. The number of carbonyl (C=O) groups excluding carboxylic acids is 1. The smallest absolute Gasteiger partial charge is 0.183 e. The van der Waals surface area contributed by atoms with Crippen molar-refractivity contribution in [3.63, 3.8) is 0 Å². The number of nitrogens with zero attached hydrogens (tertiary/aromatic N) is 2. The lowest BCUT2D eigenvalue weighted by molar-refractivity contribution is 0.0934. The lowest BCUT2D eigenvalue weighted by atomic mass is 10.0. The molecule has 2 aromatic rings. The van der Waals surface area contributed by atoms with Gasteiger partial charge in [-0.25, -0.2) is 4.98 Å². The van der Waals surface area contributed by atoms with Gasteiger partial charge in [-0.05, 0) is 49.2 Å². The third-order valence-corrected chi connectivity index (χ3v) is 2.92. The molecule has 0 saturated carbocycles. The lowest BCUT2D eigenvalue weighted by Crippen LogP contribution is -2.10. The molecule has 3 nitrogen and oxygen atoms in total. The number of Topliss-reactive ketones (excluding diaryl/α,β-unsaturated/α-hetero) is 1. The first-order valence-electron chi connectivity index (χ1n) is 6.43. The summed E-state index contributed by atoms with van der Waals surface area (Å²) in [7, 11) is 0. The minimum Gasteiger partial charge on any atom is -0.292 e. The van der Waals surface area contributed by atoms with Gasteiger partial charge in [-0.3, -0.25) is 9.78 Å². The van der Waals surface area contributed by atoms with Crippen molar-refractivity contribution in [1.29, 1.82) is 0 Å². The highest BCUT2D eigenvalue weighted by Gasteiger charge is 2.14. The highest BCUT2D eigenvalue weighted by atomic mass is 16.1. The number of rotatable bonds is 3. The number of ketones is 1. The van der Waals surface area contributed by atoms with E-state index in [4.69, 9.17) is 0 Å². The number of carbonyl (C=O) groups is 1. The zero-order valence-electron chi connectivity index (χ0n) is 11.8. The summed E-state index contributed by atoms with van der Waals surface area (Å²) in [6.45, 7) is 7.76. The van der Waals surface area contributed by atoms with Crippen LogP contribution in [-0.2, 0) is 0 Å². The molecule has 0 aliphatic heterocycles. The average Bonchev–Trinajstić information content (AvgIpc) is 2.37. The van der Waals surface area contributed by atoms with Gasteiger partial charge in [-0.2, -0.15) is 0 Å². The molecule has 0 aromatic carbocycles. The topological polar surface area (TPSA) is 42.9 Å². The van der Waals surface area contributed by atoms with Crippen molar-refractivity contribution in [2.24, 2.45) is 5.92 Å². The minimum atomic E-state index is -0.0485. The van der Waals surface area contributed by atoms with E-state index in [1.807, 2.05) is 52.0 Å². The Hall–Kier alpha value is -2.03. The molecule has 0 amide bonds. The van der Waals surface area contributed by atoms with Crippen LogP contribution in [0.15, 0.2) is 30.5 Å². The molecule has 2 rings (SSSR count). The third kappa shape index (κ3) is 3.05. The first-order valence-corrected chi connectivity index (χ1v) is 6.43. The largest absolute Gasteiger partial charge is 0.292 e. The van der Waals surface area contributed by atoms with Crippen LogP contribution in [0, 0.1) is 19.8 Å². The standard InChI is InChI=1S/C16H18N2O/c1-10(2)16(19)15-9-12(4)8-14(18-15)13-7-11(3)5-6-17-13/h5-10H,1-4H3. The highest BCUT2D eigenvalue weighted by molar-refractivity contribution is 5.96. The van der Waals surface area contributed by atoms with E-state index in [2.05, 4.69) is 9.97 Å². The predicted molar refractivity (Wildman–Crippen MR) is 76.1 cm³/mol. The number of aryl methyl sites for hydroxylation is 2. The quantitative estimate of drug-likeness (QED) is 0.786. The Kier molecular flexibility index (Phi) is 3.74. The van der Waals surface area contributed by atoms with E-state index < -0.39 is 0 Å². The van der Waals surface area contributed by atoms with Gasteiger partial charge in [0.05, 0.1) is 11.4 Å². The first kappa shape index (κ1) is 13.4. The Balaban J connectivity index is 2.50. The van der Waals surface area contributed by atoms with Crippen LogP contribution >= 0.6 is 0 Å². The second-order valence-corrected chi connectivity index (χ2v) is 5.15. The van der Waals surface area contributed by atoms with Crippen LogP contribution in [0.1, 0.15) is 35.5 Å². The average molecular weight is 254 g/mol. The molecule has 19 heavy (non-hydrogen) atoms. The Bertz CT molecular complexity index is 618. The van der Waals surface area contributed by atoms with Crippen LogP contribution in [0.25, 0.3) is 11.4 Å². The molecular formula is C16H18N2O. The second kappa shape index (κ2) is 5.31. The molecule has 0 aliphatic rings. The molecule has 2 aromatic heterocycles. The van der Waals surface area contributed by atoms with Crippen molar-refractivity contribution in [2.45, 2.75) is 27.7 Å². The van der Waals surface area contributed by atoms with E-state index in [0.29, 0.717) is 5.69 Å². The molecule has 0 N–H and O–H groups in total. The zero-order chi connectivity index (χ0) is 14.0. The van der Waals surface area contributed by atoms with Crippen molar-refractivity contribution < 1.29 is 4.79 Å². The van der Waals surface area contributed by atoms with Gasteiger partial charge in [0.15, 0.2) is 5.78 Å². The van der Waals surface area contributed by atoms with Crippen LogP contribution in [0.2, 0.25) is 0 Å². The maximum Gasteiger partial charge on any atom is 0.183 e. The van der Waals surface area contributed by atoms with Gasteiger partial charge < -0.3 is 0 Å². The van der Waals surface area contributed by atoms with Gasteiger partial charge in [-0.15, -0.1) is 0 Å². The number of hydrogen-bond acceptors (Lipinski definition) is 3. The van der Waals surface area contributed by atoms with Gasteiger partial charge in [0.1, 0.15) is 5.69 Å². The second-order valence-electron chi connectivity index (χ2n) is 5.15. The summed E-state index contributed by atoms with van der Waals surface area (Å²) >= 11 is 0. The third-order valence-electron chi connectivity index (χ3n) is 2.92. The molecular weight excluding hydrogens is 236 g/mol. The van der Waals surface area contributed by atoms with E-state index in [9.17, 15) is 4.79 Å². The molecule has 3 heteroatoms. The summed E-state index contributed by atoms with van der Waals surface area (Å²) in [5, 5.41) is 0. The Morgan fingerprint density at radius 2 is 1.74 bits per heavy atom. The van der Waals surface area contributed by atoms with Crippen LogP contribution in [0.3, 0.4) is 0 Å². The lowest BCUT2D eigenvalue weighted by Gasteiger charge is -2.08. The maximum absolute atomic E-state index is 12.1. The molecule has 0 saturated heterocycles. The van der Waals surface area contributed by atoms with E-state index in [0.717, 1.165) is 22.5 Å². The van der Waals surface area contributed by atoms with Gasteiger partial charge in [0.25, 0.3) is 0 Å². The summed E-state index contributed by atoms with van der Waals surface area (Å²) in [5.41, 5.74) is 4.24. The van der Waals surface area contributed by atoms with Crippen molar-refractivity contribution in [3.8, 4) is 11.4 Å². The Labute approximate surface area is 113 Å². The molecule has 98 valence electrons. The predicted octanol–water partition coefficient (Wildman–Crippen LogP) is 3.60. The molecule has 0 fully saturated rings. The van der Waals surface area contributed by atoms with Gasteiger partial charge in [-0.1, -0.05) is 13.8 Å². The van der Waals surface area contributed by atoms with Gasteiger partial charge in [0, 0.05) is 12.1 Å². The summed E-state index contributed by atoms with van der Waals surface area (Å²) in [4.78, 5) is 20.8. The molecule has 0 atom stereocenters. The van der Waals surface area contributed by atoms with Gasteiger partial charge >= 0.3 is 0 Å². The van der Waals surface area contributed by atoms with Crippen LogP contribution in [-0.4, -0.2) is 15.8 Å². The zero-order valence-corrected chi connectivity index (χ0v) is 11.8. The summed E-state index contributed by atoms with van der Waals surface area (Å²) in [6.07, 6.45) is 1.76. The van der Waals surface area contributed by atoms with Crippen LogP contribution < -0.4 is 0 Å². The normalized spacial score (nSPS) is 10.8. The Morgan fingerprint density at radius 3 is 2.37 bits per heavy atom. The molecule has 0 radical (unpaired) electrons. The summed E-state index contributed by atoms with van der Waals surface area (Å²) < 4.78 is 0. The van der Waals surface area contributed by atoms with Crippen LogP contribution in [0.5, 0.6) is 0 Å². The van der Waals surface area contributed by atoms with E-state index in [1.165, 1.54) is 0 Å². The molecule has 0 spiro atoms. The van der Waals surface area contributed by atoms with Crippen molar-refractivity contribution in [2.75, 3.05) is 0 Å². The minimum absolute atomic E-state index is 0.0485. The maximum atomic E-state index is 12.1. The molecule has 0 unspecified atom stereocenters. The number of pyridine rings is 2. The number of aromatic nitrogens is 2. The summed E-state index contributed by atoms with van der Waals surface area (Å²) in [5.74, 6) is 0.0187. The molecule has 2 heterocycles. The first-order chi connectivity index (χ1) is 8.97. The van der Waals surface area contributed by atoms with E-state index in [-0.39, 0.29) is 11.7 Å². The van der Waals surface area contributed by atoms with Crippen molar-refractivity contribution in [1.82, 2.24) is 9.97 Å². The fourth-order valence-corrected chi connectivity index (χ4v) is 1.90. The monoisotopic (exact) mass is 254 g/mol.